The van der Waals surface area contributed by atoms with Crippen LogP contribution in [0.25, 0.3) is 0 Å². The first-order valence-electron chi connectivity index (χ1n) is 6.81. The Kier molecular flexibility index (Phi) is 4.25. The maximum atomic E-state index is 4.52. The van der Waals surface area contributed by atoms with Gasteiger partial charge in [0.2, 0.25) is 0 Å². The van der Waals surface area contributed by atoms with E-state index in [2.05, 4.69) is 63.1 Å². The van der Waals surface area contributed by atoms with E-state index in [1.165, 1.54) is 21.7 Å². The Bertz CT molecular complexity index is 572. The van der Waals surface area contributed by atoms with Gasteiger partial charge in [-0.1, -0.05) is 25.1 Å². The molecular weight excluding hydrogens is 252 g/mol. The molecule has 0 aliphatic heterocycles. The van der Waals surface area contributed by atoms with Gasteiger partial charge in [-0.15, -0.1) is 11.3 Å². The van der Waals surface area contributed by atoms with Crippen LogP contribution in [0, 0.1) is 20.8 Å². The van der Waals surface area contributed by atoms with Crippen molar-refractivity contribution in [2.75, 3.05) is 5.32 Å². The van der Waals surface area contributed by atoms with Crippen molar-refractivity contribution in [1.82, 2.24) is 4.98 Å². The van der Waals surface area contributed by atoms with E-state index in [4.69, 9.17) is 0 Å². The molecule has 2 rings (SSSR count). The lowest BCUT2D eigenvalue weighted by molar-refractivity contribution is 0.882. The van der Waals surface area contributed by atoms with Crippen LogP contribution in [0.3, 0.4) is 0 Å². The Morgan fingerprint density at radius 3 is 2.58 bits per heavy atom. The van der Waals surface area contributed by atoms with Gasteiger partial charge in [-0.25, -0.2) is 4.98 Å². The van der Waals surface area contributed by atoms with Gasteiger partial charge in [0, 0.05) is 10.6 Å². The Morgan fingerprint density at radius 2 is 2.00 bits per heavy atom. The van der Waals surface area contributed by atoms with Crippen LogP contribution in [0.5, 0.6) is 0 Å². The van der Waals surface area contributed by atoms with Crippen LogP contribution in [-0.2, 0) is 6.42 Å². The molecule has 0 spiro atoms. The topological polar surface area (TPSA) is 24.9 Å². The summed E-state index contributed by atoms with van der Waals surface area (Å²) < 4.78 is 0. The lowest BCUT2D eigenvalue weighted by atomic mass is 10.0. The van der Waals surface area contributed by atoms with Crippen molar-refractivity contribution >= 4 is 17.0 Å². The summed E-state index contributed by atoms with van der Waals surface area (Å²) in [7, 11) is 0. The third-order valence-electron chi connectivity index (χ3n) is 3.43. The van der Waals surface area contributed by atoms with Crippen molar-refractivity contribution in [3.63, 3.8) is 0 Å². The largest absolute Gasteiger partial charge is 0.377 e. The van der Waals surface area contributed by atoms with Crippen molar-refractivity contribution in [3.05, 3.63) is 44.9 Å². The molecule has 0 aliphatic carbocycles. The molecule has 0 saturated heterocycles. The second kappa shape index (κ2) is 5.74. The standard InChI is InChI=1S/C16H22N2S/c1-6-14-9-7-8-10(2)15(14)18-12(4)16-11(3)17-13(5)19-16/h7-9,12,18H,6H2,1-5H3. The SMILES string of the molecule is CCc1cccc(C)c1NC(C)c1sc(C)nc1C. The molecule has 1 heterocycles. The fraction of sp³-hybridized carbons (Fsp3) is 0.438. The molecule has 2 nitrogen and oxygen atoms in total. The first kappa shape index (κ1) is 14.1. The number of nitrogens with one attached hydrogen (secondary N) is 1. The third-order valence-corrected chi connectivity index (χ3v) is 4.69. The smallest absolute Gasteiger partial charge is 0.0900 e. The fourth-order valence-electron chi connectivity index (χ4n) is 2.46. The van der Waals surface area contributed by atoms with E-state index in [1.54, 1.807) is 11.3 Å². The van der Waals surface area contributed by atoms with E-state index < -0.39 is 0 Å². The second-order valence-electron chi connectivity index (χ2n) is 5.01. The number of aryl methyl sites for hydroxylation is 4. The number of anilines is 1. The second-order valence-corrected chi connectivity index (χ2v) is 6.25. The van der Waals surface area contributed by atoms with Gasteiger partial charge in [0.25, 0.3) is 0 Å². The zero-order chi connectivity index (χ0) is 14.0. The van der Waals surface area contributed by atoms with Gasteiger partial charge in [0.15, 0.2) is 0 Å². The van der Waals surface area contributed by atoms with Gasteiger partial charge in [-0.05, 0) is 45.2 Å². The molecule has 1 N–H and O–H groups in total. The van der Waals surface area contributed by atoms with E-state index >= 15 is 0 Å². The highest BCUT2D eigenvalue weighted by atomic mass is 32.1. The maximum absolute atomic E-state index is 4.52. The molecule has 0 aliphatic rings. The maximum Gasteiger partial charge on any atom is 0.0900 e. The quantitative estimate of drug-likeness (QED) is 0.866. The van der Waals surface area contributed by atoms with Crippen LogP contribution in [0.2, 0.25) is 0 Å². The summed E-state index contributed by atoms with van der Waals surface area (Å²) >= 11 is 1.79. The molecule has 0 bridgehead atoms. The molecule has 0 saturated carbocycles. The summed E-state index contributed by atoms with van der Waals surface area (Å²) in [5.74, 6) is 0. The summed E-state index contributed by atoms with van der Waals surface area (Å²) in [5, 5.41) is 4.81. The van der Waals surface area contributed by atoms with Gasteiger partial charge in [-0.3, -0.25) is 0 Å². The summed E-state index contributed by atoms with van der Waals surface area (Å²) in [4.78, 5) is 5.85. The molecule has 0 amide bonds. The first-order valence-corrected chi connectivity index (χ1v) is 7.63. The molecule has 1 unspecified atom stereocenters. The minimum absolute atomic E-state index is 0.303. The Morgan fingerprint density at radius 1 is 1.26 bits per heavy atom. The lowest BCUT2D eigenvalue weighted by Crippen LogP contribution is -2.09. The zero-order valence-corrected chi connectivity index (χ0v) is 13.2. The average Bonchev–Trinajstić information content (AvgIpc) is 2.71. The summed E-state index contributed by atoms with van der Waals surface area (Å²) in [6.07, 6.45) is 1.05. The van der Waals surface area contributed by atoms with E-state index in [9.17, 15) is 0 Å². The molecular formula is C16H22N2S. The molecule has 1 aromatic heterocycles. The Hall–Kier alpha value is -1.35. The highest BCUT2D eigenvalue weighted by Gasteiger charge is 2.14. The van der Waals surface area contributed by atoms with Crippen molar-refractivity contribution < 1.29 is 0 Å². The van der Waals surface area contributed by atoms with Gasteiger partial charge < -0.3 is 5.32 Å². The summed E-state index contributed by atoms with van der Waals surface area (Å²) in [5.41, 5.74) is 5.12. The Labute approximate surface area is 119 Å². The number of hydrogen-bond donors (Lipinski definition) is 1. The zero-order valence-electron chi connectivity index (χ0n) is 12.4. The van der Waals surface area contributed by atoms with Crippen molar-refractivity contribution in [3.8, 4) is 0 Å². The van der Waals surface area contributed by atoms with Crippen molar-refractivity contribution in [2.45, 2.75) is 47.1 Å². The highest BCUT2D eigenvalue weighted by Crippen LogP contribution is 2.30. The van der Waals surface area contributed by atoms with E-state index in [0.29, 0.717) is 6.04 Å². The molecule has 0 fully saturated rings. The number of benzene rings is 1. The van der Waals surface area contributed by atoms with E-state index in [-0.39, 0.29) is 0 Å². The van der Waals surface area contributed by atoms with E-state index in [0.717, 1.165) is 17.1 Å². The van der Waals surface area contributed by atoms with Crippen LogP contribution < -0.4 is 5.32 Å². The Balaban J connectivity index is 2.28. The van der Waals surface area contributed by atoms with Crippen LogP contribution in [0.15, 0.2) is 18.2 Å². The number of nitrogens with zero attached hydrogens (tertiary/aromatic N) is 1. The molecule has 1 aromatic carbocycles. The molecule has 102 valence electrons. The monoisotopic (exact) mass is 274 g/mol. The first-order chi connectivity index (χ1) is 9.02. The lowest BCUT2D eigenvalue weighted by Gasteiger charge is -2.19. The van der Waals surface area contributed by atoms with Gasteiger partial charge in [0.1, 0.15) is 0 Å². The van der Waals surface area contributed by atoms with E-state index in [1.807, 2.05) is 0 Å². The van der Waals surface area contributed by atoms with Gasteiger partial charge in [0.05, 0.1) is 16.7 Å². The van der Waals surface area contributed by atoms with Crippen molar-refractivity contribution in [2.24, 2.45) is 0 Å². The molecule has 2 aromatic rings. The molecule has 19 heavy (non-hydrogen) atoms. The van der Waals surface area contributed by atoms with Crippen LogP contribution >= 0.6 is 11.3 Å². The third kappa shape index (κ3) is 2.98. The predicted octanol–water partition coefficient (Wildman–Crippen LogP) is 4.80. The van der Waals surface area contributed by atoms with Gasteiger partial charge >= 0.3 is 0 Å². The number of thiazole rings is 1. The van der Waals surface area contributed by atoms with Gasteiger partial charge in [-0.2, -0.15) is 0 Å². The normalized spacial score (nSPS) is 12.5. The number of rotatable bonds is 4. The minimum atomic E-state index is 0.303. The highest BCUT2D eigenvalue weighted by molar-refractivity contribution is 7.11. The predicted molar refractivity (Wildman–Crippen MR) is 84.2 cm³/mol. The van der Waals surface area contributed by atoms with Crippen molar-refractivity contribution in [1.29, 1.82) is 0 Å². The molecule has 0 radical (unpaired) electrons. The summed E-state index contributed by atoms with van der Waals surface area (Å²) in [6, 6.07) is 6.80. The molecule has 3 heteroatoms. The summed E-state index contributed by atoms with van der Waals surface area (Å²) in [6.45, 7) is 10.7. The van der Waals surface area contributed by atoms with Crippen LogP contribution in [0.4, 0.5) is 5.69 Å². The van der Waals surface area contributed by atoms with Crippen LogP contribution in [-0.4, -0.2) is 4.98 Å². The number of para-hydroxylation sites is 1. The van der Waals surface area contributed by atoms with Crippen LogP contribution in [0.1, 0.15) is 46.6 Å². The molecule has 1 atom stereocenters. The number of aromatic nitrogens is 1. The number of hydrogen-bond acceptors (Lipinski definition) is 3. The average molecular weight is 274 g/mol. The fourth-order valence-corrected chi connectivity index (χ4v) is 3.39. The minimum Gasteiger partial charge on any atom is -0.377 e.